The van der Waals surface area contributed by atoms with Gasteiger partial charge in [-0.2, -0.15) is 0 Å². The lowest BCUT2D eigenvalue weighted by Gasteiger charge is -2.32. The highest BCUT2D eigenvalue weighted by molar-refractivity contribution is 7.89. The summed E-state index contributed by atoms with van der Waals surface area (Å²) in [6.45, 7) is 6.07. The van der Waals surface area contributed by atoms with E-state index in [1.807, 2.05) is 12.1 Å². The molecule has 0 saturated carbocycles. The van der Waals surface area contributed by atoms with Crippen LogP contribution >= 0.6 is 11.6 Å². The molecule has 1 aliphatic heterocycles. The van der Waals surface area contributed by atoms with E-state index in [9.17, 15) is 8.42 Å². The van der Waals surface area contributed by atoms with Crippen LogP contribution in [0.15, 0.2) is 53.4 Å². The van der Waals surface area contributed by atoms with Gasteiger partial charge in [0.15, 0.2) is 0 Å². The molecule has 3 rings (SSSR count). The average Bonchev–Trinajstić information content (AvgIpc) is 2.76. The summed E-state index contributed by atoms with van der Waals surface area (Å²) in [5.41, 5.74) is 2.32. The third-order valence-corrected chi connectivity index (χ3v) is 7.60. The highest BCUT2D eigenvalue weighted by atomic mass is 35.5. The van der Waals surface area contributed by atoms with E-state index in [0.717, 1.165) is 18.7 Å². The summed E-state index contributed by atoms with van der Waals surface area (Å²) in [5.74, 6) is 0.560. The molecule has 0 unspecified atom stereocenters. The van der Waals surface area contributed by atoms with Crippen molar-refractivity contribution in [3.63, 3.8) is 0 Å². The van der Waals surface area contributed by atoms with Gasteiger partial charge in [-0.3, -0.25) is 0 Å². The second-order valence-electron chi connectivity index (χ2n) is 8.20. The second-order valence-corrected chi connectivity index (χ2v) is 10.4. The molecule has 30 heavy (non-hydrogen) atoms. The van der Waals surface area contributed by atoms with Gasteiger partial charge in [-0.25, -0.2) is 13.1 Å². The molecule has 0 aromatic heterocycles. The maximum Gasteiger partial charge on any atom is 0.240 e. The Morgan fingerprint density at radius 2 is 1.77 bits per heavy atom. The summed E-state index contributed by atoms with van der Waals surface area (Å²) in [5, 5.41) is 0.522. The van der Waals surface area contributed by atoms with E-state index >= 15 is 0 Å². The molecule has 1 fully saturated rings. The Hall–Kier alpha value is -1.40. The van der Waals surface area contributed by atoms with Crippen molar-refractivity contribution in [2.45, 2.75) is 62.8 Å². The Morgan fingerprint density at radius 3 is 2.47 bits per heavy atom. The molecule has 6 heteroatoms. The first-order valence-electron chi connectivity index (χ1n) is 11.0. The van der Waals surface area contributed by atoms with Gasteiger partial charge >= 0.3 is 0 Å². The van der Waals surface area contributed by atoms with Gasteiger partial charge in [-0.15, -0.1) is 0 Å². The Bertz CT molecular complexity index is 892. The number of hydrogen-bond acceptors (Lipinski definition) is 3. The molecule has 2 aromatic rings. The minimum absolute atomic E-state index is 0.231. The molecule has 1 heterocycles. The van der Waals surface area contributed by atoms with Crippen LogP contribution in [0.2, 0.25) is 5.02 Å². The lowest BCUT2D eigenvalue weighted by Crippen LogP contribution is -2.33. The van der Waals surface area contributed by atoms with Crippen molar-refractivity contribution < 1.29 is 8.42 Å². The highest BCUT2D eigenvalue weighted by Gasteiger charge is 2.20. The van der Waals surface area contributed by atoms with Crippen LogP contribution in [-0.2, 0) is 16.6 Å². The molecule has 0 aliphatic carbocycles. The van der Waals surface area contributed by atoms with E-state index in [2.05, 4.69) is 28.7 Å². The smallest absolute Gasteiger partial charge is 0.240 e. The summed E-state index contributed by atoms with van der Waals surface area (Å²) in [7, 11) is -3.55. The number of rotatable bonds is 10. The van der Waals surface area contributed by atoms with Crippen LogP contribution in [0.25, 0.3) is 0 Å². The zero-order valence-corrected chi connectivity index (χ0v) is 19.4. The number of halogens is 1. The predicted molar refractivity (Wildman–Crippen MR) is 124 cm³/mol. The lowest BCUT2D eigenvalue weighted by molar-refractivity contribution is 0.208. The quantitative estimate of drug-likeness (QED) is 0.483. The number of benzene rings is 2. The number of unbranched alkanes of at least 4 members (excludes halogenated alkanes) is 3. The van der Waals surface area contributed by atoms with Gasteiger partial charge in [-0.05, 0) is 80.2 Å². The Kier molecular flexibility index (Phi) is 8.75. The first kappa shape index (κ1) is 23.3. The van der Waals surface area contributed by atoms with Crippen molar-refractivity contribution in [3.8, 4) is 0 Å². The average molecular weight is 449 g/mol. The van der Waals surface area contributed by atoms with E-state index in [0.29, 0.717) is 10.9 Å². The molecule has 1 N–H and O–H groups in total. The fraction of sp³-hybridized carbons (Fsp3) is 0.500. The lowest BCUT2D eigenvalue weighted by atomic mass is 9.88. The second kappa shape index (κ2) is 11.3. The van der Waals surface area contributed by atoms with E-state index in [-0.39, 0.29) is 11.4 Å². The minimum Gasteiger partial charge on any atom is -0.303 e. The summed E-state index contributed by atoms with van der Waals surface area (Å²) < 4.78 is 27.7. The number of piperidine rings is 1. The molecule has 0 spiro atoms. The van der Waals surface area contributed by atoms with Crippen LogP contribution in [0.4, 0.5) is 0 Å². The maximum atomic E-state index is 12.5. The fourth-order valence-corrected chi connectivity index (χ4v) is 5.23. The molecule has 0 bridgehead atoms. The largest absolute Gasteiger partial charge is 0.303 e. The molecule has 1 aliphatic rings. The van der Waals surface area contributed by atoms with E-state index in [1.54, 1.807) is 12.1 Å². The fourth-order valence-electron chi connectivity index (χ4n) is 4.08. The van der Waals surface area contributed by atoms with Crippen molar-refractivity contribution in [2.24, 2.45) is 0 Å². The van der Waals surface area contributed by atoms with Crippen LogP contribution in [0.5, 0.6) is 0 Å². The highest BCUT2D eigenvalue weighted by Crippen LogP contribution is 2.29. The van der Waals surface area contributed by atoms with Gasteiger partial charge in [0.2, 0.25) is 10.0 Å². The number of nitrogens with one attached hydrogen (secondary N) is 1. The Labute approximate surface area is 186 Å². The van der Waals surface area contributed by atoms with Gasteiger partial charge in [0.25, 0.3) is 0 Å². The van der Waals surface area contributed by atoms with Crippen molar-refractivity contribution >= 4 is 21.6 Å². The number of likely N-dealkylation sites (tertiary alicyclic amines) is 1. The molecule has 0 atom stereocenters. The summed E-state index contributed by atoms with van der Waals surface area (Å²) in [6.07, 6.45) is 7.62. The monoisotopic (exact) mass is 448 g/mol. The third kappa shape index (κ3) is 6.81. The number of hydrogen-bond donors (Lipinski definition) is 1. The first-order chi connectivity index (χ1) is 14.5. The summed E-state index contributed by atoms with van der Waals surface area (Å²) in [4.78, 5) is 2.82. The van der Waals surface area contributed by atoms with E-state index < -0.39 is 10.0 Å². The van der Waals surface area contributed by atoms with Gasteiger partial charge in [-0.1, -0.05) is 62.1 Å². The predicted octanol–water partition coefficient (Wildman–Crippen LogP) is 5.58. The van der Waals surface area contributed by atoms with Crippen LogP contribution in [0, 0.1) is 0 Å². The molecule has 4 nitrogen and oxygen atoms in total. The van der Waals surface area contributed by atoms with E-state index in [4.69, 9.17) is 11.6 Å². The van der Waals surface area contributed by atoms with Crippen LogP contribution in [0.3, 0.4) is 0 Å². The maximum absolute atomic E-state index is 12.5. The zero-order chi connectivity index (χ0) is 21.4. The van der Waals surface area contributed by atoms with Gasteiger partial charge < -0.3 is 4.90 Å². The number of nitrogens with zero attached hydrogens (tertiary/aromatic N) is 1. The van der Waals surface area contributed by atoms with Crippen molar-refractivity contribution in [1.82, 2.24) is 9.62 Å². The first-order valence-corrected chi connectivity index (χ1v) is 12.9. The molecular weight excluding hydrogens is 416 g/mol. The van der Waals surface area contributed by atoms with E-state index in [1.165, 1.54) is 62.8 Å². The van der Waals surface area contributed by atoms with Gasteiger partial charge in [0, 0.05) is 11.6 Å². The normalized spacial score (nSPS) is 16.1. The molecule has 2 aromatic carbocycles. The molecule has 0 radical (unpaired) electrons. The zero-order valence-electron chi connectivity index (χ0n) is 17.8. The SMILES string of the molecule is CCCCCCN1CCC(c2cccc(CNS(=O)(=O)c3ccc(Cl)cc3)c2)CC1. The molecule has 164 valence electrons. The van der Waals surface area contributed by atoms with Crippen molar-refractivity contribution in [2.75, 3.05) is 19.6 Å². The molecular formula is C24H33ClN2O2S. The van der Waals surface area contributed by atoms with Crippen molar-refractivity contribution in [1.29, 1.82) is 0 Å². The Balaban J connectivity index is 1.52. The van der Waals surface area contributed by atoms with Gasteiger partial charge in [0.05, 0.1) is 4.90 Å². The van der Waals surface area contributed by atoms with Crippen LogP contribution in [-0.4, -0.2) is 33.0 Å². The van der Waals surface area contributed by atoms with Crippen LogP contribution < -0.4 is 4.72 Å². The van der Waals surface area contributed by atoms with Gasteiger partial charge in [0.1, 0.15) is 0 Å². The van der Waals surface area contributed by atoms with Crippen molar-refractivity contribution in [3.05, 3.63) is 64.7 Å². The number of sulfonamides is 1. The molecule has 1 saturated heterocycles. The van der Waals surface area contributed by atoms with Crippen LogP contribution in [0.1, 0.15) is 62.5 Å². The topological polar surface area (TPSA) is 49.4 Å². The third-order valence-electron chi connectivity index (χ3n) is 5.93. The minimum atomic E-state index is -3.55. The Morgan fingerprint density at radius 1 is 1.03 bits per heavy atom. The standard InChI is InChI=1S/C24H33ClN2O2S/c1-2-3-4-5-15-27-16-13-21(14-17-27)22-8-6-7-20(18-22)19-26-30(28,29)24-11-9-23(25)10-12-24/h6-12,18,21,26H,2-5,13-17,19H2,1H3. The molecule has 0 amide bonds. The summed E-state index contributed by atoms with van der Waals surface area (Å²) in [6, 6.07) is 14.6. The summed E-state index contributed by atoms with van der Waals surface area (Å²) >= 11 is 5.85.